The van der Waals surface area contributed by atoms with Crippen LogP contribution >= 0.6 is 0 Å². The van der Waals surface area contributed by atoms with E-state index in [0.717, 1.165) is 0 Å². The molecule has 1 N–H and O–H groups in total. The average Bonchev–Trinajstić information content (AvgIpc) is 2.46. The van der Waals surface area contributed by atoms with Gasteiger partial charge in [0.05, 0.1) is 0 Å². The standard InChI is InChI=1S/C19H33N/c1-4-5-6-7-9-12-17(2)20-18(3)15-16-19-13-10-8-11-14-19/h8,10-11,13-14,17-18,20H,4-7,9,12,15-16H2,1-3H3. The Bertz CT molecular complexity index is 320. The predicted molar refractivity (Wildman–Crippen MR) is 90.2 cm³/mol. The maximum Gasteiger partial charge on any atom is 0.00443 e. The lowest BCUT2D eigenvalue weighted by Gasteiger charge is -2.20. The van der Waals surface area contributed by atoms with E-state index in [9.17, 15) is 0 Å². The van der Waals surface area contributed by atoms with Gasteiger partial charge in [-0.1, -0.05) is 69.4 Å². The van der Waals surface area contributed by atoms with Crippen LogP contribution < -0.4 is 5.32 Å². The fourth-order valence-electron chi connectivity index (χ4n) is 2.73. The van der Waals surface area contributed by atoms with Crippen LogP contribution in [0.5, 0.6) is 0 Å². The van der Waals surface area contributed by atoms with Crippen LogP contribution in [0.2, 0.25) is 0 Å². The Labute approximate surface area is 126 Å². The lowest BCUT2D eigenvalue weighted by molar-refractivity contribution is 0.414. The van der Waals surface area contributed by atoms with Crippen LogP contribution in [0, 0.1) is 0 Å². The summed E-state index contributed by atoms with van der Waals surface area (Å²) in [5.74, 6) is 0. The fourth-order valence-corrected chi connectivity index (χ4v) is 2.73. The van der Waals surface area contributed by atoms with Crippen molar-refractivity contribution in [3.8, 4) is 0 Å². The maximum atomic E-state index is 3.74. The van der Waals surface area contributed by atoms with Crippen molar-refractivity contribution >= 4 is 0 Å². The topological polar surface area (TPSA) is 12.0 Å². The molecule has 0 aromatic heterocycles. The summed E-state index contributed by atoms with van der Waals surface area (Å²) in [6, 6.07) is 12.1. The van der Waals surface area contributed by atoms with Crippen molar-refractivity contribution in [3.05, 3.63) is 35.9 Å². The van der Waals surface area contributed by atoms with Crippen LogP contribution in [0.3, 0.4) is 0 Å². The molecule has 1 aromatic carbocycles. The second-order valence-corrected chi connectivity index (χ2v) is 6.20. The molecule has 0 radical (unpaired) electrons. The van der Waals surface area contributed by atoms with Crippen molar-refractivity contribution in [2.24, 2.45) is 0 Å². The van der Waals surface area contributed by atoms with Crippen LogP contribution in [0.15, 0.2) is 30.3 Å². The molecule has 1 nitrogen and oxygen atoms in total. The summed E-state index contributed by atoms with van der Waals surface area (Å²) in [7, 11) is 0. The molecule has 1 heteroatoms. The molecule has 0 fully saturated rings. The molecule has 2 unspecified atom stereocenters. The molecule has 1 aromatic rings. The maximum absolute atomic E-state index is 3.74. The number of aryl methyl sites for hydroxylation is 1. The van der Waals surface area contributed by atoms with Crippen LogP contribution in [0.1, 0.15) is 71.3 Å². The Morgan fingerprint density at radius 3 is 2.20 bits per heavy atom. The molecule has 20 heavy (non-hydrogen) atoms. The zero-order valence-corrected chi connectivity index (χ0v) is 13.7. The average molecular weight is 275 g/mol. The van der Waals surface area contributed by atoms with E-state index in [-0.39, 0.29) is 0 Å². The monoisotopic (exact) mass is 275 g/mol. The van der Waals surface area contributed by atoms with Gasteiger partial charge in [0.2, 0.25) is 0 Å². The van der Waals surface area contributed by atoms with Gasteiger partial charge in [0.15, 0.2) is 0 Å². The van der Waals surface area contributed by atoms with Gasteiger partial charge in [-0.15, -0.1) is 0 Å². The van der Waals surface area contributed by atoms with Crippen LogP contribution in [0.4, 0.5) is 0 Å². The highest BCUT2D eigenvalue weighted by Gasteiger charge is 2.07. The van der Waals surface area contributed by atoms with E-state index in [2.05, 4.69) is 56.4 Å². The van der Waals surface area contributed by atoms with Gasteiger partial charge in [0.1, 0.15) is 0 Å². The number of nitrogens with one attached hydrogen (secondary N) is 1. The van der Waals surface area contributed by atoms with E-state index < -0.39 is 0 Å². The van der Waals surface area contributed by atoms with E-state index in [1.54, 1.807) is 0 Å². The number of hydrogen-bond donors (Lipinski definition) is 1. The highest BCUT2D eigenvalue weighted by Crippen LogP contribution is 2.09. The molecule has 0 saturated heterocycles. The van der Waals surface area contributed by atoms with E-state index >= 15 is 0 Å². The Kier molecular flexibility index (Phi) is 9.40. The summed E-state index contributed by atoms with van der Waals surface area (Å²) in [5.41, 5.74) is 1.45. The lowest BCUT2D eigenvalue weighted by atomic mass is 10.0. The van der Waals surface area contributed by atoms with Crippen molar-refractivity contribution in [2.75, 3.05) is 0 Å². The van der Waals surface area contributed by atoms with Crippen LogP contribution in [-0.4, -0.2) is 12.1 Å². The second-order valence-electron chi connectivity index (χ2n) is 6.20. The molecule has 0 aliphatic rings. The summed E-state index contributed by atoms with van der Waals surface area (Å²) in [4.78, 5) is 0. The first-order valence-corrected chi connectivity index (χ1v) is 8.52. The van der Waals surface area contributed by atoms with Gasteiger partial charge in [0, 0.05) is 12.1 Å². The van der Waals surface area contributed by atoms with Crippen LogP contribution in [0.25, 0.3) is 0 Å². The van der Waals surface area contributed by atoms with Crippen molar-refractivity contribution < 1.29 is 0 Å². The number of rotatable bonds is 11. The Hall–Kier alpha value is -0.820. The molecule has 114 valence electrons. The van der Waals surface area contributed by atoms with Crippen molar-refractivity contribution in [2.45, 2.75) is 84.2 Å². The summed E-state index contributed by atoms with van der Waals surface area (Å²) >= 11 is 0. The number of unbranched alkanes of at least 4 members (excludes halogenated alkanes) is 4. The third-order valence-corrected chi connectivity index (χ3v) is 4.02. The number of benzene rings is 1. The van der Waals surface area contributed by atoms with Crippen LogP contribution in [-0.2, 0) is 6.42 Å². The highest BCUT2D eigenvalue weighted by atomic mass is 14.9. The first kappa shape index (κ1) is 17.2. The minimum absolute atomic E-state index is 0.612. The minimum Gasteiger partial charge on any atom is -0.312 e. The third-order valence-electron chi connectivity index (χ3n) is 4.02. The zero-order chi connectivity index (χ0) is 14.6. The molecule has 0 saturated carbocycles. The molecule has 0 amide bonds. The molecular weight excluding hydrogens is 242 g/mol. The van der Waals surface area contributed by atoms with Crippen molar-refractivity contribution in [3.63, 3.8) is 0 Å². The lowest BCUT2D eigenvalue weighted by Crippen LogP contribution is -2.34. The van der Waals surface area contributed by atoms with Gasteiger partial charge in [-0.25, -0.2) is 0 Å². The number of hydrogen-bond acceptors (Lipinski definition) is 1. The molecule has 1 rings (SSSR count). The molecule has 0 spiro atoms. The molecule has 2 atom stereocenters. The van der Waals surface area contributed by atoms with Gasteiger partial charge in [0.25, 0.3) is 0 Å². The normalized spacial score (nSPS) is 14.2. The largest absolute Gasteiger partial charge is 0.312 e. The molecule has 0 aliphatic carbocycles. The molecule has 0 aliphatic heterocycles. The van der Waals surface area contributed by atoms with Gasteiger partial charge in [-0.3, -0.25) is 0 Å². The third kappa shape index (κ3) is 8.37. The van der Waals surface area contributed by atoms with Gasteiger partial charge in [-0.05, 0) is 38.7 Å². The van der Waals surface area contributed by atoms with Gasteiger partial charge < -0.3 is 5.32 Å². The Morgan fingerprint density at radius 1 is 0.850 bits per heavy atom. The van der Waals surface area contributed by atoms with E-state index in [1.807, 2.05) is 0 Å². The molecule has 0 bridgehead atoms. The second kappa shape index (κ2) is 10.9. The summed E-state index contributed by atoms with van der Waals surface area (Å²) in [6.07, 6.45) is 10.6. The Morgan fingerprint density at radius 2 is 1.50 bits per heavy atom. The van der Waals surface area contributed by atoms with E-state index in [0.29, 0.717) is 12.1 Å². The van der Waals surface area contributed by atoms with E-state index in [1.165, 1.54) is 56.9 Å². The quantitative estimate of drug-likeness (QED) is 0.537. The first-order valence-electron chi connectivity index (χ1n) is 8.52. The summed E-state index contributed by atoms with van der Waals surface area (Å²) in [6.45, 7) is 6.92. The van der Waals surface area contributed by atoms with Crippen molar-refractivity contribution in [1.29, 1.82) is 0 Å². The molecular formula is C19H33N. The minimum atomic E-state index is 0.612. The Balaban J connectivity index is 2.07. The smallest absolute Gasteiger partial charge is 0.00443 e. The van der Waals surface area contributed by atoms with Crippen molar-refractivity contribution in [1.82, 2.24) is 5.32 Å². The SMILES string of the molecule is CCCCCCCC(C)NC(C)CCc1ccccc1. The van der Waals surface area contributed by atoms with E-state index in [4.69, 9.17) is 0 Å². The first-order chi connectivity index (χ1) is 9.72. The fraction of sp³-hybridized carbons (Fsp3) is 0.684. The summed E-state index contributed by atoms with van der Waals surface area (Å²) < 4.78 is 0. The van der Waals surface area contributed by atoms with Gasteiger partial charge >= 0.3 is 0 Å². The zero-order valence-electron chi connectivity index (χ0n) is 13.7. The van der Waals surface area contributed by atoms with Gasteiger partial charge in [-0.2, -0.15) is 0 Å². The molecule has 0 heterocycles. The summed E-state index contributed by atoms with van der Waals surface area (Å²) in [5, 5.41) is 3.74. The highest BCUT2D eigenvalue weighted by molar-refractivity contribution is 5.14. The predicted octanol–water partition coefficient (Wildman–Crippen LogP) is 5.35.